The summed E-state index contributed by atoms with van der Waals surface area (Å²) in [6.07, 6.45) is 2.19. The van der Waals surface area contributed by atoms with Gasteiger partial charge in [-0.25, -0.2) is 0 Å². The molecule has 0 bridgehead atoms. The quantitative estimate of drug-likeness (QED) is 0.893. The van der Waals surface area contributed by atoms with Crippen molar-refractivity contribution in [3.63, 3.8) is 0 Å². The van der Waals surface area contributed by atoms with Crippen LogP contribution in [0.4, 0.5) is 0 Å². The fraction of sp³-hybridized carbons (Fsp3) is 0.300. The van der Waals surface area contributed by atoms with Gasteiger partial charge in [0.1, 0.15) is 0 Å². The lowest BCUT2D eigenvalue weighted by Gasteiger charge is -2.25. The van der Waals surface area contributed by atoms with E-state index in [1.165, 1.54) is 0 Å². The molecule has 1 atom stereocenters. The first-order valence-electron chi connectivity index (χ1n) is 8.49. The van der Waals surface area contributed by atoms with Crippen LogP contribution >= 0.6 is 11.6 Å². The summed E-state index contributed by atoms with van der Waals surface area (Å²) in [6, 6.07) is 17.2. The van der Waals surface area contributed by atoms with Gasteiger partial charge in [0.25, 0.3) is 0 Å². The first-order valence-corrected chi connectivity index (χ1v) is 8.87. The highest BCUT2D eigenvalue weighted by atomic mass is 35.5. The van der Waals surface area contributed by atoms with E-state index in [1.54, 1.807) is 0 Å². The molecular formula is C20H21ClN2O2. The van der Waals surface area contributed by atoms with Crippen LogP contribution in [0.3, 0.4) is 0 Å². The largest absolute Gasteiger partial charge is 0.347 e. The molecule has 1 aliphatic rings. The van der Waals surface area contributed by atoms with Gasteiger partial charge in [-0.2, -0.15) is 0 Å². The molecule has 1 aliphatic heterocycles. The number of carbonyl (C=O) groups is 2. The number of hydrogen-bond donors (Lipinski definition) is 1. The van der Waals surface area contributed by atoms with Gasteiger partial charge in [0.2, 0.25) is 11.8 Å². The third-order valence-corrected chi connectivity index (χ3v) is 4.72. The summed E-state index contributed by atoms with van der Waals surface area (Å²) >= 11 is 5.94. The topological polar surface area (TPSA) is 49.4 Å². The Morgan fingerprint density at radius 2 is 1.80 bits per heavy atom. The number of rotatable bonds is 5. The van der Waals surface area contributed by atoms with Crippen molar-refractivity contribution in [3.8, 4) is 0 Å². The number of amides is 2. The van der Waals surface area contributed by atoms with Crippen molar-refractivity contribution in [2.75, 3.05) is 13.1 Å². The average molecular weight is 357 g/mol. The van der Waals surface area contributed by atoms with E-state index in [9.17, 15) is 9.59 Å². The van der Waals surface area contributed by atoms with Gasteiger partial charge in [0.05, 0.1) is 19.0 Å². The Hall–Kier alpha value is -2.33. The highest BCUT2D eigenvalue weighted by Crippen LogP contribution is 2.32. The maximum absolute atomic E-state index is 12.5. The Morgan fingerprint density at radius 1 is 1.08 bits per heavy atom. The van der Waals surface area contributed by atoms with Gasteiger partial charge >= 0.3 is 0 Å². The zero-order valence-corrected chi connectivity index (χ0v) is 14.7. The van der Waals surface area contributed by atoms with Gasteiger partial charge in [-0.1, -0.05) is 54.1 Å². The minimum absolute atomic E-state index is 0.0375. The lowest BCUT2D eigenvalue weighted by molar-refractivity contribution is -0.133. The zero-order chi connectivity index (χ0) is 17.6. The molecule has 1 unspecified atom stereocenters. The van der Waals surface area contributed by atoms with E-state index in [0.29, 0.717) is 5.02 Å². The second kappa shape index (κ2) is 8.17. The van der Waals surface area contributed by atoms with Crippen molar-refractivity contribution in [3.05, 3.63) is 70.7 Å². The fourth-order valence-corrected chi connectivity index (χ4v) is 3.34. The van der Waals surface area contributed by atoms with Crippen molar-refractivity contribution in [1.29, 1.82) is 0 Å². The highest BCUT2D eigenvalue weighted by Gasteiger charge is 2.29. The van der Waals surface area contributed by atoms with Crippen molar-refractivity contribution < 1.29 is 9.59 Å². The van der Waals surface area contributed by atoms with Crippen LogP contribution in [0.1, 0.15) is 30.0 Å². The van der Waals surface area contributed by atoms with Crippen LogP contribution in [0.2, 0.25) is 5.02 Å². The molecule has 4 nitrogen and oxygen atoms in total. The highest BCUT2D eigenvalue weighted by molar-refractivity contribution is 6.30. The maximum atomic E-state index is 12.5. The average Bonchev–Trinajstić information content (AvgIpc) is 3.11. The molecule has 1 N–H and O–H groups in total. The second-order valence-electron chi connectivity index (χ2n) is 6.24. The molecule has 2 aromatic carbocycles. The van der Waals surface area contributed by atoms with Crippen molar-refractivity contribution in [2.45, 2.75) is 25.3 Å². The van der Waals surface area contributed by atoms with Gasteiger partial charge in [-0.15, -0.1) is 0 Å². The summed E-state index contributed by atoms with van der Waals surface area (Å²) in [6.45, 7) is 0.760. The molecule has 1 fully saturated rings. The summed E-state index contributed by atoms with van der Waals surface area (Å²) < 4.78 is 0. The lowest BCUT2D eigenvalue weighted by atomic mass is 10.0. The Morgan fingerprint density at radius 3 is 2.52 bits per heavy atom. The van der Waals surface area contributed by atoms with E-state index in [-0.39, 0.29) is 30.8 Å². The Bertz CT molecular complexity index is 731. The number of nitrogens with zero attached hydrogens (tertiary/aromatic N) is 1. The molecule has 25 heavy (non-hydrogen) atoms. The van der Waals surface area contributed by atoms with Crippen LogP contribution < -0.4 is 5.32 Å². The number of carbonyl (C=O) groups excluding carboxylic acids is 2. The molecule has 0 saturated carbocycles. The maximum Gasteiger partial charge on any atom is 0.242 e. The number of hydrogen-bond acceptors (Lipinski definition) is 2. The Kier molecular flexibility index (Phi) is 5.71. The zero-order valence-electron chi connectivity index (χ0n) is 14.0. The molecule has 130 valence electrons. The van der Waals surface area contributed by atoms with Crippen LogP contribution in [0.5, 0.6) is 0 Å². The third kappa shape index (κ3) is 4.60. The van der Waals surface area contributed by atoms with Gasteiger partial charge in [-0.3, -0.25) is 9.59 Å². The molecular weight excluding hydrogens is 336 g/mol. The fourth-order valence-electron chi connectivity index (χ4n) is 3.22. The van der Waals surface area contributed by atoms with Crippen LogP contribution in [-0.4, -0.2) is 29.8 Å². The van der Waals surface area contributed by atoms with E-state index < -0.39 is 0 Å². The molecule has 0 spiro atoms. The van der Waals surface area contributed by atoms with Gasteiger partial charge in [-0.05, 0) is 36.1 Å². The van der Waals surface area contributed by atoms with E-state index in [0.717, 1.165) is 30.5 Å². The van der Waals surface area contributed by atoms with E-state index >= 15 is 0 Å². The van der Waals surface area contributed by atoms with E-state index in [4.69, 9.17) is 11.6 Å². The summed E-state index contributed by atoms with van der Waals surface area (Å²) in [5.41, 5.74) is 2.03. The minimum atomic E-state index is -0.137. The molecule has 1 heterocycles. The normalized spacial score (nSPS) is 16.7. The van der Waals surface area contributed by atoms with Crippen LogP contribution in [-0.2, 0) is 16.0 Å². The minimum Gasteiger partial charge on any atom is -0.347 e. The second-order valence-corrected chi connectivity index (χ2v) is 6.67. The van der Waals surface area contributed by atoms with Crippen LogP contribution in [0, 0.1) is 0 Å². The summed E-state index contributed by atoms with van der Waals surface area (Å²) in [5.74, 6) is -0.180. The van der Waals surface area contributed by atoms with Crippen molar-refractivity contribution in [2.24, 2.45) is 0 Å². The molecule has 5 heteroatoms. The predicted octanol–water partition coefficient (Wildman–Crippen LogP) is 3.36. The van der Waals surface area contributed by atoms with Gasteiger partial charge in [0.15, 0.2) is 0 Å². The Labute approximate surface area is 152 Å². The lowest BCUT2D eigenvalue weighted by Crippen LogP contribution is -2.40. The SMILES string of the molecule is O=C(Cc1ccccc1)NCC(=O)N1CCCC1c1ccc(Cl)cc1. The molecule has 0 radical (unpaired) electrons. The first kappa shape index (κ1) is 17.5. The van der Waals surface area contributed by atoms with E-state index in [1.807, 2.05) is 59.5 Å². The number of halogens is 1. The number of benzene rings is 2. The molecule has 0 aliphatic carbocycles. The van der Waals surface area contributed by atoms with Gasteiger partial charge in [0, 0.05) is 11.6 Å². The third-order valence-electron chi connectivity index (χ3n) is 4.47. The number of likely N-dealkylation sites (tertiary alicyclic amines) is 1. The standard InChI is InChI=1S/C20H21ClN2O2/c21-17-10-8-16(9-11-17)18-7-4-12-23(18)20(25)14-22-19(24)13-15-5-2-1-3-6-15/h1-3,5-6,8-11,18H,4,7,12-14H2,(H,22,24). The molecule has 2 amide bonds. The number of nitrogens with one attached hydrogen (secondary N) is 1. The van der Waals surface area contributed by atoms with Crippen molar-refractivity contribution in [1.82, 2.24) is 10.2 Å². The summed E-state index contributed by atoms with van der Waals surface area (Å²) in [7, 11) is 0. The molecule has 2 aromatic rings. The first-order chi connectivity index (χ1) is 12.1. The van der Waals surface area contributed by atoms with Crippen LogP contribution in [0.25, 0.3) is 0 Å². The Balaban J connectivity index is 1.55. The van der Waals surface area contributed by atoms with E-state index in [2.05, 4.69) is 5.32 Å². The van der Waals surface area contributed by atoms with Crippen LogP contribution in [0.15, 0.2) is 54.6 Å². The van der Waals surface area contributed by atoms with Crippen molar-refractivity contribution >= 4 is 23.4 Å². The summed E-state index contributed by atoms with van der Waals surface area (Å²) in [5, 5.41) is 3.43. The molecule has 0 aromatic heterocycles. The van der Waals surface area contributed by atoms with Gasteiger partial charge < -0.3 is 10.2 Å². The molecule has 1 saturated heterocycles. The smallest absolute Gasteiger partial charge is 0.242 e. The monoisotopic (exact) mass is 356 g/mol. The predicted molar refractivity (Wildman–Crippen MR) is 98.3 cm³/mol. The molecule has 3 rings (SSSR count). The summed E-state index contributed by atoms with van der Waals surface area (Å²) in [4.78, 5) is 26.4.